The van der Waals surface area contributed by atoms with Gasteiger partial charge in [-0.3, -0.25) is 0 Å². The number of aromatic nitrogens is 1. The minimum Gasteiger partial charge on any atom is -0.464 e. The van der Waals surface area contributed by atoms with E-state index in [9.17, 15) is 4.79 Å². The van der Waals surface area contributed by atoms with E-state index in [1.54, 1.807) is 0 Å². The van der Waals surface area contributed by atoms with Gasteiger partial charge in [0.2, 0.25) is 5.01 Å². The molecule has 0 aromatic carbocycles. The smallest absolute Gasteiger partial charge is 0.367 e. The Morgan fingerprint density at radius 3 is 3.21 bits per heavy atom. The lowest BCUT2D eigenvalue weighted by Crippen LogP contribution is -2.00. The van der Waals surface area contributed by atoms with Gasteiger partial charge in [0.1, 0.15) is 5.00 Å². The molecule has 0 saturated carbocycles. The summed E-state index contributed by atoms with van der Waals surface area (Å²) in [5, 5.41) is 4.75. The molecule has 2 heterocycles. The number of anilines is 1. The molecule has 0 atom stereocenters. The van der Waals surface area contributed by atoms with Gasteiger partial charge in [0.15, 0.2) is 0 Å². The molecule has 14 heavy (non-hydrogen) atoms. The van der Waals surface area contributed by atoms with E-state index in [0.29, 0.717) is 5.01 Å². The zero-order valence-electron chi connectivity index (χ0n) is 8.00. The Hall–Kier alpha value is -1.10. The van der Waals surface area contributed by atoms with E-state index < -0.39 is 0 Å². The molecule has 0 amide bonds. The van der Waals surface area contributed by atoms with Gasteiger partial charge in [-0.1, -0.05) is 11.3 Å². The van der Waals surface area contributed by atoms with Crippen molar-refractivity contribution >= 4 is 22.3 Å². The summed E-state index contributed by atoms with van der Waals surface area (Å²) in [6.45, 7) is 0.968. The summed E-state index contributed by atoms with van der Waals surface area (Å²) in [6.07, 6.45) is 3.25. The Kier molecular flexibility index (Phi) is 2.67. The number of hydrogen-bond donors (Lipinski definition) is 1. The summed E-state index contributed by atoms with van der Waals surface area (Å²) in [7, 11) is 1.38. The van der Waals surface area contributed by atoms with E-state index in [-0.39, 0.29) is 5.97 Å². The van der Waals surface area contributed by atoms with Crippen LogP contribution in [-0.2, 0) is 11.2 Å². The fraction of sp³-hybridized carbons (Fsp3) is 0.556. The maximum absolute atomic E-state index is 11.2. The molecular weight excluding hydrogens is 200 g/mol. The maximum atomic E-state index is 11.2. The molecule has 0 aliphatic carbocycles. The number of rotatable bonds is 1. The molecule has 0 bridgehead atoms. The van der Waals surface area contributed by atoms with E-state index in [1.807, 2.05) is 0 Å². The van der Waals surface area contributed by atoms with Crippen LogP contribution in [0.5, 0.6) is 0 Å². The van der Waals surface area contributed by atoms with Crippen LogP contribution in [0.2, 0.25) is 0 Å². The van der Waals surface area contributed by atoms with Crippen molar-refractivity contribution in [3.05, 3.63) is 10.7 Å². The lowest BCUT2D eigenvalue weighted by molar-refractivity contribution is 0.0600. The number of aryl methyl sites for hydroxylation is 1. The maximum Gasteiger partial charge on any atom is 0.367 e. The second-order valence-corrected chi connectivity index (χ2v) is 4.17. The van der Waals surface area contributed by atoms with Gasteiger partial charge >= 0.3 is 5.97 Å². The third kappa shape index (κ3) is 1.72. The largest absolute Gasteiger partial charge is 0.464 e. The molecule has 76 valence electrons. The van der Waals surface area contributed by atoms with Crippen molar-refractivity contribution in [3.8, 4) is 0 Å². The molecule has 1 aliphatic heterocycles. The lowest BCUT2D eigenvalue weighted by Gasteiger charge is -1.96. The van der Waals surface area contributed by atoms with E-state index >= 15 is 0 Å². The van der Waals surface area contributed by atoms with E-state index in [4.69, 9.17) is 0 Å². The number of nitrogens with zero attached hydrogens (tertiary/aromatic N) is 1. The molecule has 4 nitrogen and oxygen atoms in total. The predicted octanol–water partition coefficient (Wildman–Crippen LogP) is 1.68. The monoisotopic (exact) mass is 212 g/mol. The van der Waals surface area contributed by atoms with Crippen molar-refractivity contribution in [1.29, 1.82) is 0 Å². The number of hydrogen-bond acceptors (Lipinski definition) is 5. The molecule has 1 aromatic rings. The van der Waals surface area contributed by atoms with Gasteiger partial charge < -0.3 is 10.1 Å². The third-order valence-electron chi connectivity index (χ3n) is 2.18. The fourth-order valence-corrected chi connectivity index (χ4v) is 2.41. The minimum atomic E-state index is -0.343. The third-order valence-corrected chi connectivity index (χ3v) is 3.22. The first-order valence-electron chi connectivity index (χ1n) is 4.63. The average Bonchev–Trinajstić information content (AvgIpc) is 2.49. The van der Waals surface area contributed by atoms with Crippen LogP contribution in [0.3, 0.4) is 0 Å². The Bertz CT molecular complexity index is 325. The summed E-state index contributed by atoms with van der Waals surface area (Å²) < 4.78 is 4.63. The highest BCUT2D eigenvalue weighted by molar-refractivity contribution is 7.17. The number of fused-ring (bicyclic) bond motifs is 1. The number of methoxy groups -OCH3 is 1. The second kappa shape index (κ2) is 3.96. The first kappa shape index (κ1) is 9.45. The summed E-state index contributed by atoms with van der Waals surface area (Å²) >= 11 is 1.38. The summed E-state index contributed by atoms with van der Waals surface area (Å²) in [6, 6.07) is 0. The van der Waals surface area contributed by atoms with Gasteiger partial charge in [-0.2, -0.15) is 0 Å². The first-order valence-corrected chi connectivity index (χ1v) is 5.45. The standard InChI is InChI=1S/C9H12N2O2S/c1-13-9(12)8-11-6-4-2-3-5-10-7(6)14-8/h10H,2-5H2,1H3. The van der Waals surface area contributed by atoms with Gasteiger partial charge in [0, 0.05) is 6.54 Å². The zero-order valence-corrected chi connectivity index (χ0v) is 8.82. The normalized spacial score (nSPS) is 15.2. The lowest BCUT2D eigenvalue weighted by atomic mass is 10.2. The van der Waals surface area contributed by atoms with E-state index in [2.05, 4.69) is 15.0 Å². The Morgan fingerprint density at radius 2 is 2.43 bits per heavy atom. The highest BCUT2D eigenvalue weighted by Crippen LogP contribution is 2.28. The first-order chi connectivity index (χ1) is 6.81. The van der Waals surface area contributed by atoms with E-state index in [1.165, 1.54) is 18.4 Å². The summed E-state index contributed by atoms with van der Waals surface area (Å²) in [4.78, 5) is 15.5. The van der Waals surface area contributed by atoms with Gasteiger partial charge in [-0.15, -0.1) is 0 Å². The van der Waals surface area contributed by atoms with Crippen LogP contribution >= 0.6 is 11.3 Å². The van der Waals surface area contributed by atoms with Gasteiger partial charge in [0.05, 0.1) is 12.8 Å². The number of ether oxygens (including phenoxy) is 1. The summed E-state index contributed by atoms with van der Waals surface area (Å²) in [5.41, 5.74) is 1.01. The Morgan fingerprint density at radius 1 is 1.57 bits per heavy atom. The fourth-order valence-electron chi connectivity index (χ4n) is 1.45. The van der Waals surface area contributed by atoms with Crippen LogP contribution in [0, 0.1) is 0 Å². The van der Waals surface area contributed by atoms with Crippen molar-refractivity contribution in [2.24, 2.45) is 0 Å². The van der Waals surface area contributed by atoms with Crippen molar-refractivity contribution in [2.45, 2.75) is 19.3 Å². The number of thiazole rings is 1. The molecule has 0 fully saturated rings. The molecule has 0 unspecified atom stereocenters. The number of carbonyl (C=O) groups is 1. The predicted molar refractivity (Wildman–Crippen MR) is 54.9 cm³/mol. The molecule has 1 aromatic heterocycles. The number of esters is 1. The Balaban J connectivity index is 2.26. The topological polar surface area (TPSA) is 51.2 Å². The molecule has 2 rings (SSSR count). The van der Waals surface area contributed by atoms with Crippen LogP contribution in [0.15, 0.2) is 0 Å². The number of nitrogens with one attached hydrogen (secondary N) is 1. The SMILES string of the molecule is COC(=O)c1nc2c(s1)NCCCC2. The van der Waals surface area contributed by atoms with Crippen molar-refractivity contribution in [3.63, 3.8) is 0 Å². The van der Waals surface area contributed by atoms with Crippen LogP contribution in [0.25, 0.3) is 0 Å². The van der Waals surface area contributed by atoms with Gasteiger partial charge in [-0.25, -0.2) is 9.78 Å². The quantitative estimate of drug-likeness (QED) is 0.719. The van der Waals surface area contributed by atoms with Crippen LogP contribution in [0.4, 0.5) is 5.00 Å². The van der Waals surface area contributed by atoms with Crippen molar-refractivity contribution < 1.29 is 9.53 Å². The molecule has 1 aliphatic rings. The minimum absolute atomic E-state index is 0.343. The van der Waals surface area contributed by atoms with Crippen molar-refractivity contribution in [1.82, 2.24) is 4.98 Å². The van der Waals surface area contributed by atoms with Crippen LogP contribution in [0.1, 0.15) is 28.3 Å². The molecule has 0 saturated heterocycles. The molecular formula is C9H12N2O2S. The molecule has 5 heteroatoms. The van der Waals surface area contributed by atoms with Crippen LogP contribution in [-0.4, -0.2) is 24.6 Å². The van der Waals surface area contributed by atoms with E-state index in [0.717, 1.165) is 36.5 Å². The van der Waals surface area contributed by atoms with Crippen LogP contribution < -0.4 is 5.32 Å². The Labute approximate surface area is 86.3 Å². The second-order valence-electron chi connectivity index (χ2n) is 3.17. The molecule has 0 radical (unpaired) electrons. The van der Waals surface area contributed by atoms with Crippen molar-refractivity contribution in [2.75, 3.05) is 19.0 Å². The highest BCUT2D eigenvalue weighted by Gasteiger charge is 2.18. The average molecular weight is 212 g/mol. The summed E-state index contributed by atoms with van der Waals surface area (Å²) in [5.74, 6) is -0.343. The molecule has 0 spiro atoms. The number of carbonyl (C=O) groups excluding carboxylic acids is 1. The van der Waals surface area contributed by atoms with Gasteiger partial charge in [0.25, 0.3) is 0 Å². The molecule has 1 N–H and O–H groups in total. The zero-order chi connectivity index (χ0) is 9.97. The highest BCUT2D eigenvalue weighted by atomic mass is 32.1. The van der Waals surface area contributed by atoms with Gasteiger partial charge in [-0.05, 0) is 19.3 Å².